The van der Waals surface area contributed by atoms with Crippen LogP contribution in [0.25, 0.3) is 0 Å². The fourth-order valence-corrected chi connectivity index (χ4v) is 3.07. The highest BCUT2D eigenvalue weighted by Crippen LogP contribution is 2.32. The number of aromatic nitrogens is 2. The van der Waals surface area contributed by atoms with Gasteiger partial charge in [0.1, 0.15) is 5.82 Å². The molecule has 0 aromatic carbocycles. The topological polar surface area (TPSA) is 40.7 Å². The van der Waals surface area contributed by atoms with Crippen molar-refractivity contribution in [2.45, 2.75) is 50.4 Å². The average Bonchev–Trinajstić information content (AvgIpc) is 3.01. The molecule has 0 bridgehead atoms. The molecule has 1 atom stereocenters. The summed E-state index contributed by atoms with van der Waals surface area (Å²) < 4.78 is 0. The maximum Gasteiger partial charge on any atom is 0.110 e. The number of hydrogen-bond donors (Lipinski definition) is 2. The zero-order chi connectivity index (χ0) is 10.8. The Labute approximate surface area is 97.0 Å². The maximum atomic E-state index is 4.58. The molecule has 3 rings (SSSR count). The number of H-pyrrole nitrogens is 1. The number of imidazole rings is 1. The van der Waals surface area contributed by atoms with Gasteiger partial charge < -0.3 is 10.3 Å². The van der Waals surface area contributed by atoms with E-state index in [4.69, 9.17) is 0 Å². The summed E-state index contributed by atoms with van der Waals surface area (Å²) in [6, 6.07) is 0. The van der Waals surface area contributed by atoms with Crippen LogP contribution in [0, 0.1) is 0 Å². The minimum absolute atomic E-state index is 0.623. The third-order valence-electron chi connectivity index (χ3n) is 4.11. The van der Waals surface area contributed by atoms with Gasteiger partial charge in [0, 0.05) is 30.3 Å². The van der Waals surface area contributed by atoms with Crippen molar-refractivity contribution in [3.63, 3.8) is 0 Å². The van der Waals surface area contributed by atoms with Crippen LogP contribution in [0.2, 0.25) is 0 Å². The van der Waals surface area contributed by atoms with Gasteiger partial charge in [-0.3, -0.25) is 0 Å². The molecule has 2 heterocycles. The number of hydrogen-bond acceptors (Lipinski definition) is 2. The Kier molecular flexibility index (Phi) is 2.96. The monoisotopic (exact) mass is 219 g/mol. The van der Waals surface area contributed by atoms with Crippen LogP contribution >= 0.6 is 0 Å². The Morgan fingerprint density at radius 2 is 1.94 bits per heavy atom. The summed E-state index contributed by atoms with van der Waals surface area (Å²) in [5, 5.41) is 3.40. The van der Waals surface area contributed by atoms with Gasteiger partial charge in [-0.25, -0.2) is 4.98 Å². The second-order valence-corrected chi connectivity index (χ2v) is 5.25. The largest absolute Gasteiger partial charge is 0.345 e. The molecular weight excluding hydrogens is 198 g/mol. The summed E-state index contributed by atoms with van der Waals surface area (Å²) in [7, 11) is 0. The summed E-state index contributed by atoms with van der Waals surface area (Å²) in [5.74, 6) is 2.59. The smallest absolute Gasteiger partial charge is 0.110 e. The molecule has 0 spiro atoms. The second-order valence-electron chi connectivity index (χ2n) is 5.25. The van der Waals surface area contributed by atoms with Crippen molar-refractivity contribution in [1.82, 2.24) is 15.3 Å². The van der Waals surface area contributed by atoms with E-state index in [9.17, 15) is 0 Å². The number of aromatic amines is 1. The molecule has 2 aliphatic rings. The van der Waals surface area contributed by atoms with E-state index in [1.165, 1.54) is 50.0 Å². The van der Waals surface area contributed by atoms with Crippen LogP contribution in [0.15, 0.2) is 6.20 Å². The van der Waals surface area contributed by atoms with Crippen LogP contribution in [0.3, 0.4) is 0 Å². The van der Waals surface area contributed by atoms with Gasteiger partial charge >= 0.3 is 0 Å². The van der Waals surface area contributed by atoms with E-state index in [-0.39, 0.29) is 0 Å². The van der Waals surface area contributed by atoms with Crippen molar-refractivity contribution >= 4 is 0 Å². The molecule has 0 radical (unpaired) electrons. The number of rotatable bonds is 2. The summed E-state index contributed by atoms with van der Waals surface area (Å²) in [6.45, 7) is 2.24. The highest BCUT2D eigenvalue weighted by molar-refractivity contribution is 5.12. The Balaban J connectivity index is 1.71. The summed E-state index contributed by atoms with van der Waals surface area (Å²) in [6.07, 6.45) is 10.2. The predicted molar refractivity (Wildman–Crippen MR) is 64.6 cm³/mol. The lowest BCUT2D eigenvalue weighted by atomic mass is 9.87. The lowest BCUT2D eigenvalue weighted by Crippen LogP contribution is -2.09. The molecule has 1 aliphatic heterocycles. The number of nitrogens with one attached hydrogen (secondary N) is 2. The molecule has 1 unspecified atom stereocenters. The van der Waals surface area contributed by atoms with Crippen molar-refractivity contribution in [3.05, 3.63) is 17.7 Å². The van der Waals surface area contributed by atoms with Gasteiger partial charge in [-0.1, -0.05) is 19.3 Å². The highest BCUT2D eigenvalue weighted by Gasteiger charge is 2.22. The molecule has 3 nitrogen and oxygen atoms in total. The minimum Gasteiger partial charge on any atom is -0.345 e. The minimum atomic E-state index is 0.623. The van der Waals surface area contributed by atoms with Crippen molar-refractivity contribution in [2.75, 3.05) is 13.1 Å². The third-order valence-corrected chi connectivity index (χ3v) is 4.11. The van der Waals surface area contributed by atoms with Crippen LogP contribution < -0.4 is 5.32 Å². The van der Waals surface area contributed by atoms with Crippen molar-refractivity contribution < 1.29 is 0 Å². The van der Waals surface area contributed by atoms with Gasteiger partial charge in [0.2, 0.25) is 0 Å². The molecule has 88 valence electrons. The second kappa shape index (κ2) is 4.58. The van der Waals surface area contributed by atoms with E-state index in [1.54, 1.807) is 0 Å². The standard InChI is InChI=1S/C13H21N3/c1-2-4-10(5-3-1)12-9-15-13(16-12)11-6-7-14-8-11/h9-11,14H,1-8H2,(H,15,16). The van der Waals surface area contributed by atoms with E-state index in [0.717, 1.165) is 19.0 Å². The SMILES string of the molecule is c1nc(C2CCNC2)[nH]c1C1CCCCC1. The first-order valence-corrected chi connectivity index (χ1v) is 6.69. The van der Waals surface area contributed by atoms with Crippen LogP contribution in [0.5, 0.6) is 0 Å². The van der Waals surface area contributed by atoms with E-state index in [2.05, 4.69) is 21.5 Å². The zero-order valence-corrected chi connectivity index (χ0v) is 9.84. The lowest BCUT2D eigenvalue weighted by molar-refractivity contribution is 0.437. The fourth-order valence-electron chi connectivity index (χ4n) is 3.07. The zero-order valence-electron chi connectivity index (χ0n) is 9.84. The van der Waals surface area contributed by atoms with E-state index < -0.39 is 0 Å². The van der Waals surface area contributed by atoms with E-state index >= 15 is 0 Å². The maximum absolute atomic E-state index is 4.58. The summed E-state index contributed by atoms with van der Waals surface area (Å²) in [4.78, 5) is 8.15. The van der Waals surface area contributed by atoms with Gasteiger partial charge in [-0.05, 0) is 25.8 Å². The highest BCUT2D eigenvalue weighted by atomic mass is 15.0. The Morgan fingerprint density at radius 1 is 1.06 bits per heavy atom. The Bertz CT molecular complexity index is 333. The number of nitrogens with zero attached hydrogens (tertiary/aromatic N) is 1. The molecule has 2 fully saturated rings. The van der Waals surface area contributed by atoms with Gasteiger partial charge in [-0.2, -0.15) is 0 Å². The molecule has 1 aromatic heterocycles. The van der Waals surface area contributed by atoms with Gasteiger partial charge in [0.15, 0.2) is 0 Å². The first-order valence-electron chi connectivity index (χ1n) is 6.69. The van der Waals surface area contributed by atoms with Gasteiger partial charge in [0.05, 0.1) is 0 Å². The quantitative estimate of drug-likeness (QED) is 0.802. The van der Waals surface area contributed by atoms with Crippen molar-refractivity contribution in [3.8, 4) is 0 Å². The first kappa shape index (κ1) is 10.3. The molecule has 3 heteroatoms. The van der Waals surface area contributed by atoms with Crippen LogP contribution in [0.1, 0.15) is 61.9 Å². The van der Waals surface area contributed by atoms with Gasteiger partial charge in [-0.15, -0.1) is 0 Å². The first-order chi connectivity index (χ1) is 7.93. The van der Waals surface area contributed by atoms with E-state index in [1.807, 2.05) is 0 Å². The molecule has 2 N–H and O–H groups in total. The molecule has 1 aliphatic carbocycles. The van der Waals surface area contributed by atoms with Crippen LogP contribution in [0.4, 0.5) is 0 Å². The van der Waals surface area contributed by atoms with Crippen molar-refractivity contribution in [2.24, 2.45) is 0 Å². The van der Waals surface area contributed by atoms with Crippen LogP contribution in [-0.4, -0.2) is 23.1 Å². The predicted octanol–water partition coefficient (Wildman–Crippen LogP) is 2.53. The fraction of sp³-hybridized carbons (Fsp3) is 0.769. The molecule has 1 saturated carbocycles. The summed E-state index contributed by atoms with van der Waals surface area (Å²) >= 11 is 0. The Hall–Kier alpha value is -0.830. The normalized spacial score (nSPS) is 27.4. The molecule has 1 saturated heterocycles. The van der Waals surface area contributed by atoms with E-state index in [0.29, 0.717) is 5.92 Å². The molecular formula is C13H21N3. The summed E-state index contributed by atoms with van der Waals surface area (Å²) in [5.41, 5.74) is 1.39. The third kappa shape index (κ3) is 2.01. The Morgan fingerprint density at radius 3 is 2.69 bits per heavy atom. The molecule has 16 heavy (non-hydrogen) atoms. The van der Waals surface area contributed by atoms with Gasteiger partial charge in [0.25, 0.3) is 0 Å². The van der Waals surface area contributed by atoms with Crippen molar-refractivity contribution in [1.29, 1.82) is 0 Å². The average molecular weight is 219 g/mol. The van der Waals surface area contributed by atoms with Crippen LogP contribution in [-0.2, 0) is 0 Å². The lowest BCUT2D eigenvalue weighted by Gasteiger charge is -2.19. The molecule has 0 amide bonds. The molecule has 1 aromatic rings.